The van der Waals surface area contributed by atoms with Crippen molar-refractivity contribution in [2.75, 3.05) is 32.7 Å². The maximum atomic E-state index is 10.5. The summed E-state index contributed by atoms with van der Waals surface area (Å²) in [6.07, 6.45) is -1.43. The maximum absolute atomic E-state index is 10.5. The van der Waals surface area contributed by atoms with Crippen molar-refractivity contribution in [2.45, 2.75) is 37.4 Å². The smallest absolute Gasteiger partial charge is 0.167 e. The Bertz CT molecular complexity index is 1390. The summed E-state index contributed by atoms with van der Waals surface area (Å²) < 4.78 is 18.2. The fraction of sp³-hybridized carbons (Fsp3) is 0.370. The number of hydrogen-bond donors (Lipinski definition) is 4. The summed E-state index contributed by atoms with van der Waals surface area (Å²) in [7, 11) is 3.25. The van der Waals surface area contributed by atoms with Crippen LogP contribution in [0.3, 0.4) is 0 Å². The molecule has 0 aliphatic carbocycles. The van der Waals surface area contributed by atoms with Crippen molar-refractivity contribution < 1.29 is 29.5 Å². The average molecular weight is 522 g/mol. The lowest BCUT2D eigenvalue weighted by Gasteiger charge is -2.22. The number of aryl methyl sites for hydroxylation is 1. The molecule has 0 radical (unpaired) electrons. The number of benzene rings is 2. The van der Waals surface area contributed by atoms with Gasteiger partial charge in [0.15, 0.2) is 23.2 Å². The van der Waals surface area contributed by atoms with Crippen molar-refractivity contribution in [1.82, 2.24) is 19.5 Å². The number of aliphatic hydroxyl groups is 3. The van der Waals surface area contributed by atoms with E-state index in [2.05, 4.69) is 39.3 Å². The number of hydrogen-bond acceptors (Lipinski definition) is 10. The normalized spacial score (nSPS) is 21.9. The number of nitrogens with zero attached hydrogens (tertiary/aromatic N) is 4. The van der Waals surface area contributed by atoms with Crippen LogP contribution < -0.4 is 14.8 Å². The minimum Gasteiger partial charge on any atom is -0.497 e. The highest BCUT2D eigenvalue weighted by molar-refractivity contribution is 5.82. The van der Waals surface area contributed by atoms with Crippen LogP contribution in [0.4, 0.5) is 5.82 Å². The number of imidazole rings is 1. The second-order valence-electron chi connectivity index (χ2n) is 9.21. The number of methoxy groups -OCH3 is 2. The summed E-state index contributed by atoms with van der Waals surface area (Å²) in [5.41, 5.74) is 4.19. The summed E-state index contributed by atoms with van der Waals surface area (Å²) in [6.45, 7) is 2.14. The molecule has 3 heterocycles. The highest BCUT2D eigenvalue weighted by atomic mass is 16.6. The molecule has 2 aromatic heterocycles. The Morgan fingerprint density at radius 2 is 1.76 bits per heavy atom. The monoisotopic (exact) mass is 521 g/mol. The van der Waals surface area contributed by atoms with Gasteiger partial charge in [-0.25, -0.2) is 15.0 Å². The van der Waals surface area contributed by atoms with Crippen molar-refractivity contribution >= 4 is 17.0 Å². The Labute approximate surface area is 219 Å². The van der Waals surface area contributed by atoms with Crippen molar-refractivity contribution in [3.05, 3.63) is 71.8 Å². The molecule has 0 bridgehead atoms. The van der Waals surface area contributed by atoms with E-state index in [1.54, 1.807) is 14.2 Å². The third-order valence-electron chi connectivity index (χ3n) is 6.96. The lowest BCUT2D eigenvalue weighted by atomic mass is 9.88. The number of ether oxygens (including phenoxy) is 3. The molecule has 4 N–H and O–H groups in total. The highest BCUT2D eigenvalue weighted by Crippen LogP contribution is 2.35. The molecule has 2 aromatic carbocycles. The molecule has 5 rings (SSSR count). The quantitative estimate of drug-likeness (QED) is 0.258. The molecular weight excluding hydrogens is 490 g/mol. The topological polar surface area (TPSA) is 144 Å². The molecular formula is C27H31N5O6. The van der Waals surface area contributed by atoms with Gasteiger partial charge < -0.3 is 34.8 Å². The zero-order valence-corrected chi connectivity index (χ0v) is 21.4. The van der Waals surface area contributed by atoms with Crippen LogP contribution in [0.5, 0.6) is 11.5 Å². The Balaban J connectivity index is 1.48. The second kappa shape index (κ2) is 10.9. The molecule has 5 atom stereocenters. The molecule has 1 aliphatic rings. The van der Waals surface area contributed by atoms with Gasteiger partial charge in [0, 0.05) is 18.5 Å². The van der Waals surface area contributed by atoms with Crippen molar-refractivity contribution in [3.63, 3.8) is 0 Å². The molecule has 1 saturated heterocycles. The van der Waals surface area contributed by atoms with E-state index < -0.39 is 31.1 Å². The lowest BCUT2D eigenvalue weighted by molar-refractivity contribution is -0.0511. The maximum Gasteiger partial charge on any atom is 0.167 e. The number of nitrogens with one attached hydrogen (secondary N) is 1. The number of aliphatic hydroxyl groups excluding tert-OH is 3. The first-order valence-electron chi connectivity index (χ1n) is 12.3. The molecule has 0 unspecified atom stereocenters. The molecule has 38 heavy (non-hydrogen) atoms. The standard InChI is InChI=1S/C27H31N5O6/c1-15-6-4-5-7-19(15)20(16-8-17(36-2)10-18(9-16)37-3)11-28-25-22-26(30-13-29-25)32(14-31-22)27-24(35)23(34)21(12-33)38-27/h4-10,13-14,20-21,23-24,27,33-35H,11-12H2,1-3H3,(H,28,29,30)/t20-,21-,23-,24-,27-/m1/s1. The van der Waals surface area contributed by atoms with Gasteiger partial charge in [-0.15, -0.1) is 0 Å². The van der Waals surface area contributed by atoms with Gasteiger partial charge in [-0.05, 0) is 35.7 Å². The predicted octanol–water partition coefficient (Wildman–Crippen LogP) is 2.01. The van der Waals surface area contributed by atoms with Crippen LogP contribution in [0.1, 0.15) is 28.8 Å². The van der Waals surface area contributed by atoms with E-state index in [9.17, 15) is 15.3 Å². The molecule has 0 amide bonds. The van der Waals surface area contributed by atoms with E-state index in [0.29, 0.717) is 35.0 Å². The van der Waals surface area contributed by atoms with Crippen molar-refractivity contribution in [3.8, 4) is 11.5 Å². The van der Waals surface area contributed by atoms with E-state index in [1.807, 2.05) is 30.3 Å². The summed E-state index contributed by atoms with van der Waals surface area (Å²) >= 11 is 0. The van der Waals surface area contributed by atoms with Gasteiger partial charge >= 0.3 is 0 Å². The third-order valence-corrected chi connectivity index (χ3v) is 6.96. The zero-order chi connectivity index (χ0) is 26.8. The highest BCUT2D eigenvalue weighted by Gasteiger charge is 2.44. The molecule has 0 saturated carbocycles. The number of fused-ring (bicyclic) bond motifs is 1. The molecule has 1 fully saturated rings. The van der Waals surface area contributed by atoms with Gasteiger partial charge in [-0.2, -0.15) is 0 Å². The fourth-order valence-electron chi connectivity index (χ4n) is 4.89. The zero-order valence-electron chi connectivity index (χ0n) is 21.4. The van der Waals surface area contributed by atoms with E-state index in [-0.39, 0.29) is 5.92 Å². The molecule has 0 spiro atoms. The van der Waals surface area contributed by atoms with Crippen LogP contribution in [-0.4, -0.2) is 80.5 Å². The minimum absolute atomic E-state index is 0.0762. The van der Waals surface area contributed by atoms with E-state index >= 15 is 0 Å². The third kappa shape index (κ3) is 4.76. The van der Waals surface area contributed by atoms with E-state index in [1.165, 1.54) is 17.2 Å². The molecule has 1 aliphatic heterocycles. The van der Waals surface area contributed by atoms with Gasteiger partial charge in [-0.3, -0.25) is 4.57 Å². The Morgan fingerprint density at radius 3 is 2.42 bits per heavy atom. The predicted molar refractivity (Wildman–Crippen MR) is 139 cm³/mol. The molecule has 4 aromatic rings. The van der Waals surface area contributed by atoms with Crippen LogP contribution in [-0.2, 0) is 4.74 Å². The van der Waals surface area contributed by atoms with E-state index in [4.69, 9.17) is 14.2 Å². The summed E-state index contributed by atoms with van der Waals surface area (Å²) in [6, 6.07) is 14.0. The second-order valence-corrected chi connectivity index (χ2v) is 9.21. The molecule has 200 valence electrons. The van der Waals surface area contributed by atoms with Gasteiger partial charge in [0.1, 0.15) is 36.1 Å². The summed E-state index contributed by atoms with van der Waals surface area (Å²) in [5, 5.41) is 33.5. The van der Waals surface area contributed by atoms with Crippen molar-refractivity contribution in [2.24, 2.45) is 0 Å². The fourth-order valence-corrected chi connectivity index (χ4v) is 4.89. The van der Waals surface area contributed by atoms with Crippen LogP contribution in [0, 0.1) is 6.92 Å². The van der Waals surface area contributed by atoms with Gasteiger partial charge in [0.05, 0.1) is 27.2 Å². The minimum atomic E-state index is -1.25. The van der Waals surface area contributed by atoms with Crippen LogP contribution in [0.25, 0.3) is 11.2 Å². The lowest BCUT2D eigenvalue weighted by Crippen LogP contribution is -2.33. The first kappa shape index (κ1) is 25.9. The Hall–Kier alpha value is -3.77. The average Bonchev–Trinajstić information content (AvgIpc) is 3.50. The first-order valence-corrected chi connectivity index (χ1v) is 12.3. The Morgan fingerprint density at radius 1 is 1.03 bits per heavy atom. The molecule has 11 heteroatoms. The van der Waals surface area contributed by atoms with Gasteiger partial charge in [-0.1, -0.05) is 24.3 Å². The van der Waals surface area contributed by atoms with Gasteiger partial charge in [0.25, 0.3) is 0 Å². The summed E-state index contributed by atoms with van der Waals surface area (Å²) in [4.78, 5) is 13.2. The SMILES string of the molecule is COc1cc(OC)cc([C@@H](CNc2ncnc3c2ncn3[C@@H]2O[C@H](CO)[C@@H](O)[C@H]2O)c2ccccc2C)c1. The van der Waals surface area contributed by atoms with Gasteiger partial charge in [0.2, 0.25) is 0 Å². The number of rotatable bonds is 9. The summed E-state index contributed by atoms with van der Waals surface area (Å²) in [5.74, 6) is 1.82. The first-order chi connectivity index (χ1) is 18.4. The van der Waals surface area contributed by atoms with Crippen LogP contribution in [0.15, 0.2) is 55.1 Å². The van der Waals surface area contributed by atoms with Crippen LogP contribution in [0.2, 0.25) is 0 Å². The Kier molecular flexibility index (Phi) is 7.43. The molecule has 11 nitrogen and oxygen atoms in total. The van der Waals surface area contributed by atoms with Crippen LogP contribution >= 0.6 is 0 Å². The van der Waals surface area contributed by atoms with E-state index in [0.717, 1.165) is 16.7 Å². The number of aromatic nitrogens is 4. The number of anilines is 1. The van der Waals surface area contributed by atoms with Crippen molar-refractivity contribution in [1.29, 1.82) is 0 Å². The largest absolute Gasteiger partial charge is 0.497 e.